The van der Waals surface area contributed by atoms with Gasteiger partial charge in [-0.15, -0.1) is 6.58 Å². The first-order valence-electron chi connectivity index (χ1n) is 19.3. The van der Waals surface area contributed by atoms with Crippen LogP contribution in [-0.2, 0) is 18.4 Å². The molecule has 0 saturated heterocycles. The highest BCUT2D eigenvalue weighted by molar-refractivity contribution is 6.76. The van der Waals surface area contributed by atoms with Gasteiger partial charge in [-0.05, 0) is 58.4 Å². The number of benzene rings is 3. The lowest BCUT2D eigenvalue weighted by atomic mass is 9.48. The largest absolute Gasteiger partial charge is 0.438 e. The monoisotopic (exact) mass is 713 g/mol. The molecule has 5 heterocycles. The van der Waals surface area contributed by atoms with Crippen LogP contribution in [0.4, 0.5) is 0 Å². The molecule has 1 spiro atoms. The zero-order chi connectivity index (χ0) is 36.9. The molecule has 1 aliphatic carbocycles. The molecular weight excluding hydrogens is 663 g/mol. The first-order valence-corrected chi connectivity index (χ1v) is 23.0. The lowest BCUT2D eigenvalue weighted by Gasteiger charge is -2.56. The van der Waals surface area contributed by atoms with Crippen LogP contribution in [0.3, 0.4) is 0 Å². The minimum absolute atomic E-state index is 0.166. The first kappa shape index (κ1) is 33.9. The van der Waals surface area contributed by atoms with Gasteiger partial charge in [-0.25, -0.2) is 9.56 Å². The second-order valence-corrected chi connectivity index (χ2v) is 23.8. The van der Waals surface area contributed by atoms with Crippen molar-refractivity contribution in [3.63, 3.8) is 0 Å². The maximum absolute atomic E-state index is 6.58. The zero-order valence-electron chi connectivity index (χ0n) is 32.1. The van der Waals surface area contributed by atoms with Crippen molar-refractivity contribution in [2.24, 2.45) is 11.3 Å². The Kier molecular flexibility index (Phi) is 7.73. The molecule has 1 fully saturated rings. The molecule has 0 N–H and O–H groups in total. The number of pyridine rings is 2. The molecule has 6 aromatic rings. The molecule has 0 radical (unpaired) electrons. The predicted molar refractivity (Wildman–Crippen MR) is 222 cm³/mol. The van der Waals surface area contributed by atoms with Gasteiger partial charge in [0.1, 0.15) is 24.0 Å². The fourth-order valence-corrected chi connectivity index (χ4v) is 10.9. The Morgan fingerprint density at radius 2 is 1.68 bits per heavy atom. The average Bonchev–Trinajstić information content (AvgIpc) is 3.48. The summed E-state index contributed by atoms with van der Waals surface area (Å²) in [6, 6.07) is 33.0. The number of rotatable bonds is 7. The second kappa shape index (κ2) is 12.1. The van der Waals surface area contributed by atoms with Gasteiger partial charge in [-0.3, -0.25) is 0 Å². The Bertz CT molecular complexity index is 2490. The maximum atomic E-state index is 6.58. The van der Waals surface area contributed by atoms with Crippen molar-refractivity contribution >= 4 is 35.9 Å². The van der Waals surface area contributed by atoms with E-state index in [9.17, 15) is 0 Å². The summed E-state index contributed by atoms with van der Waals surface area (Å²) in [5, 5.41) is 2.17. The number of fused-ring (bicyclic) bond motifs is 11. The molecule has 3 aromatic heterocycles. The van der Waals surface area contributed by atoms with Gasteiger partial charge in [0.2, 0.25) is 17.1 Å². The first-order chi connectivity index (χ1) is 25.4. The van der Waals surface area contributed by atoms with E-state index in [1.54, 1.807) is 0 Å². The fourth-order valence-electron chi connectivity index (χ4n) is 10.0. The molecule has 0 amide bonds. The van der Waals surface area contributed by atoms with Crippen LogP contribution >= 0.6 is 0 Å². The summed E-state index contributed by atoms with van der Waals surface area (Å²) in [4.78, 5) is 4.84. The van der Waals surface area contributed by atoms with Gasteiger partial charge in [0, 0.05) is 58.8 Å². The van der Waals surface area contributed by atoms with E-state index in [1.165, 1.54) is 45.3 Å². The molecule has 1 saturated carbocycles. The summed E-state index contributed by atoms with van der Waals surface area (Å²) in [5.41, 5.74) is 13.1. The van der Waals surface area contributed by atoms with Gasteiger partial charge in [0.05, 0.1) is 13.6 Å². The molecular formula is C48H51N3OSi+2. The SMILES string of the molecule is C=CC1=[N+](CC[Si](C)(C)C)C2C(C=C)C3(Cc4cc5oc6ncc(-c7ccccc7)cc6c5cc4-c4cc(CC(C)(C)C)cc[n+]43)C2c2ccccc21. The highest BCUT2D eigenvalue weighted by Crippen LogP contribution is 2.61. The van der Waals surface area contributed by atoms with Crippen LogP contribution in [0.5, 0.6) is 0 Å². The number of furan rings is 1. The van der Waals surface area contributed by atoms with E-state index >= 15 is 0 Å². The standard InChI is InChI=1S/C48H51N3OSi/c1-9-40-45-44(36-19-15-14-18-35(36)41(10-2)50(45)22-23-53(6,7)8)48(40)29-33-26-43-38(27-37(33)42-24-31(20-21-51(42)48)28-47(3,4)5)39-25-34(30-49-46(39)52-43)32-16-12-11-13-17-32/h9-21,24-27,30,40,44-45H,1-2,22-23,28-29H2,3-8H3/q+2. The van der Waals surface area contributed by atoms with Crippen LogP contribution in [0.25, 0.3) is 44.5 Å². The van der Waals surface area contributed by atoms with Crippen molar-refractivity contribution < 1.29 is 13.6 Å². The number of nitrogens with zero attached hydrogens (tertiary/aromatic N) is 3. The van der Waals surface area contributed by atoms with Gasteiger partial charge < -0.3 is 4.42 Å². The molecule has 5 heteroatoms. The van der Waals surface area contributed by atoms with E-state index in [0.29, 0.717) is 11.8 Å². The van der Waals surface area contributed by atoms with Crippen molar-refractivity contribution in [2.45, 2.75) is 76.8 Å². The summed E-state index contributed by atoms with van der Waals surface area (Å²) in [6.07, 6.45) is 10.6. The molecule has 9 rings (SSSR count). The molecule has 266 valence electrons. The van der Waals surface area contributed by atoms with Crippen LogP contribution in [0, 0.1) is 11.3 Å². The summed E-state index contributed by atoms with van der Waals surface area (Å²) in [7, 11) is -1.31. The Morgan fingerprint density at radius 1 is 0.906 bits per heavy atom. The molecule has 3 aromatic carbocycles. The Labute approximate surface area is 315 Å². The van der Waals surface area contributed by atoms with Crippen LogP contribution in [0.15, 0.2) is 127 Å². The van der Waals surface area contributed by atoms with Gasteiger partial charge in [0.15, 0.2) is 17.8 Å². The second-order valence-electron chi connectivity index (χ2n) is 18.2. The minimum atomic E-state index is -1.31. The fraction of sp³-hybridized carbons (Fsp3) is 0.312. The lowest BCUT2D eigenvalue weighted by molar-refractivity contribution is -0.803. The predicted octanol–water partition coefficient (Wildman–Crippen LogP) is 10.8. The van der Waals surface area contributed by atoms with Crippen LogP contribution < -0.4 is 4.57 Å². The molecule has 4 unspecified atom stereocenters. The van der Waals surface area contributed by atoms with Gasteiger partial charge in [0.25, 0.3) is 0 Å². The maximum Gasteiger partial charge on any atom is 0.227 e. The third kappa shape index (κ3) is 5.33. The van der Waals surface area contributed by atoms with Crippen LogP contribution in [0.2, 0.25) is 25.7 Å². The normalized spacial score (nSPS) is 21.9. The smallest absolute Gasteiger partial charge is 0.227 e. The highest BCUT2D eigenvalue weighted by Gasteiger charge is 2.75. The molecule has 4 nitrogen and oxygen atoms in total. The van der Waals surface area contributed by atoms with Gasteiger partial charge in [-0.1, -0.05) is 102 Å². The highest BCUT2D eigenvalue weighted by atomic mass is 28.3. The number of hydrogen-bond acceptors (Lipinski definition) is 2. The van der Waals surface area contributed by atoms with E-state index in [2.05, 4.69) is 166 Å². The summed E-state index contributed by atoms with van der Waals surface area (Å²) in [5.74, 6) is 0.503. The van der Waals surface area contributed by atoms with Crippen molar-refractivity contribution in [1.29, 1.82) is 0 Å². The van der Waals surface area contributed by atoms with Crippen molar-refractivity contribution in [1.82, 2.24) is 4.98 Å². The summed E-state index contributed by atoms with van der Waals surface area (Å²) >= 11 is 0. The van der Waals surface area contributed by atoms with Gasteiger partial charge >= 0.3 is 0 Å². The number of aromatic nitrogens is 2. The molecule has 0 bridgehead atoms. The van der Waals surface area contributed by atoms with Gasteiger partial charge in [-0.2, -0.15) is 4.57 Å². The quantitative estimate of drug-likeness (QED) is 0.0937. The summed E-state index contributed by atoms with van der Waals surface area (Å²) in [6.45, 7) is 24.5. The third-order valence-corrected chi connectivity index (χ3v) is 14.0. The van der Waals surface area contributed by atoms with E-state index < -0.39 is 8.07 Å². The van der Waals surface area contributed by atoms with Crippen molar-refractivity contribution in [3.05, 3.63) is 145 Å². The average molecular weight is 714 g/mol. The molecule has 53 heavy (non-hydrogen) atoms. The Hall–Kier alpha value is -4.87. The topological polar surface area (TPSA) is 32.9 Å². The Morgan fingerprint density at radius 3 is 2.42 bits per heavy atom. The van der Waals surface area contributed by atoms with Crippen LogP contribution in [0.1, 0.15) is 48.9 Å². The zero-order valence-corrected chi connectivity index (χ0v) is 33.1. The van der Waals surface area contributed by atoms with Crippen molar-refractivity contribution in [2.75, 3.05) is 6.54 Å². The van der Waals surface area contributed by atoms with Crippen molar-refractivity contribution in [3.8, 4) is 22.4 Å². The van der Waals surface area contributed by atoms with E-state index in [0.717, 1.165) is 46.9 Å². The van der Waals surface area contributed by atoms with E-state index in [-0.39, 0.29) is 22.8 Å². The lowest BCUT2D eigenvalue weighted by Crippen LogP contribution is -2.80. The molecule has 2 aliphatic heterocycles. The third-order valence-electron chi connectivity index (χ3n) is 12.2. The van der Waals surface area contributed by atoms with Crippen LogP contribution in [-0.4, -0.2) is 35.9 Å². The van der Waals surface area contributed by atoms with E-state index in [4.69, 9.17) is 9.40 Å². The molecule has 3 aliphatic rings. The van der Waals surface area contributed by atoms with E-state index in [1.807, 2.05) is 6.20 Å². The minimum Gasteiger partial charge on any atom is -0.438 e. The Balaban J connectivity index is 1.27. The summed E-state index contributed by atoms with van der Waals surface area (Å²) < 4.78 is 12.0. The molecule has 4 atom stereocenters. The number of allylic oxidation sites excluding steroid dienone is 1. The number of hydrogen-bond donors (Lipinski definition) is 0.